The fraction of sp³-hybridized carbons (Fsp3) is 0.400. The standard InChI is InChI=1S/C10H12BrNO2/c1-14-8-3-2-6(11)9(10(8)13)7-4-5-12-7/h2-3,7,12-13H,4-5H2,1H3/t7-/m0/s1. The SMILES string of the molecule is COc1ccc(Br)c([C@@H]2CCN2)c1O. The molecule has 4 heteroatoms. The number of benzene rings is 1. The van der Waals surface area contributed by atoms with Crippen molar-refractivity contribution in [1.82, 2.24) is 5.32 Å². The summed E-state index contributed by atoms with van der Waals surface area (Å²) < 4.78 is 5.98. The number of hydrogen-bond acceptors (Lipinski definition) is 3. The number of ether oxygens (including phenoxy) is 1. The third-order valence-corrected chi connectivity index (χ3v) is 3.21. The Morgan fingerprint density at radius 1 is 1.57 bits per heavy atom. The number of phenols is 1. The molecule has 1 heterocycles. The smallest absolute Gasteiger partial charge is 0.163 e. The van der Waals surface area contributed by atoms with Gasteiger partial charge in [0.25, 0.3) is 0 Å². The van der Waals surface area contributed by atoms with Gasteiger partial charge in [-0.25, -0.2) is 0 Å². The van der Waals surface area contributed by atoms with Gasteiger partial charge in [-0.2, -0.15) is 0 Å². The maximum atomic E-state index is 9.91. The lowest BCUT2D eigenvalue weighted by Gasteiger charge is -2.29. The van der Waals surface area contributed by atoms with Crippen LogP contribution < -0.4 is 10.1 Å². The van der Waals surface area contributed by atoms with Crippen molar-refractivity contribution in [2.24, 2.45) is 0 Å². The number of phenolic OH excluding ortho intramolecular Hbond substituents is 1. The molecule has 0 aliphatic carbocycles. The molecule has 0 saturated carbocycles. The molecule has 1 aromatic rings. The van der Waals surface area contributed by atoms with E-state index in [0.29, 0.717) is 5.75 Å². The van der Waals surface area contributed by atoms with Crippen LogP contribution in [-0.2, 0) is 0 Å². The average molecular weight is 258 g/mol. The Labute approximate surface area is 91.2 Å². The van der Waals surface area contributed by atoms with Gasteiger partial charge in [-0.15, -0.1) is 0 Å². The van der Waals surface area contributed by atoms with Crippen molar-refractivity contribution in [3.8, 4) is 11.5 Å². The lowest BCUT2D eigenvalue weighted by molar-refractivity contribution is 0.340. The van der Waals surface area contributed by atoms with Crippen LogP contribution in [0, 0.1) is 0 Å². The molecule has 2 rings (SSSR count). The molecule has 1 aromatic carbocycles. The van der Waals surface area contributed by atoms with Crippen LogP contribution in [0.15, 0.2) is 16.6 Å². The first-order valence-electron chi connectivity index (χ1n) is 4.52. The molecule has 1 aliphatic heterocycles. The number of aromatic hydroxyl groups is 1. The van der Waals surface area contributed by atoms with Gasteiger partial charge < -0.3 is 15.2 Å². The zero-order valence-electron chi connectivity index (χ0n) is 7.88. The van der Waals surface area contributed by atoms with Crippen molar-refractivity contribution in [3.63, 3.8) is 0 Å². The summed E-state index contributed by atoms with van der Waals surface area (Å²) >= 11 is 3.43. The van der Waals surface area contributed by atoms with Gasteiger partial charge >= 0.3 is 0 Å². The molecular formula is C10H12BrNO2. The van der Waals surface area contributed by atoms with Crippen LogP contribution >= 0.6 is 15.9 Å². The molecule has 1 aliphatic rings. The van der Waals surface area contributed by atoms with E-state index in [2.05, 4.69) is 21.2 Å². The number of rotatable bonds is 2. The van der Waals surface area contributed by atoms with Gasteiger partial charge in [0.1, 0.15) is 0 Å². The molecule has 76 valence electrons. The van der Waals surface area contributed by atoms with Gasteiger partial charge in [0.2, 0.25) is 0 Å². The highest BCUT2D eigenvalue weighted by atomic mass is 79.9. The minimum Gasteiger partial charge on any atom is -0.504 e. The Morgan fingerprint density at radius 2 is 2.29 bits per heavy atom. The fourth-order valence-corrected chi connectivity index (χ4v) is 2.19. The summed E-state index contributed by atoms with van der Waals surface area (Å²) in [6.07, 6.45) is 1.05. The molecule has 2 N–H and O–H groups in total. The van der Waals surface area contributed by atoms with Crippen LogP contribution in [0.5, 0.6) is 11.5 Å². The van der Waals surface area contributed by atoms with E-state index in [4.69, 9.17) is 4.74 Å². The van der Waals surface area contributed by atoms with E-state index in [9.17, 15) is 5.11 Å². The largest absolute Gasteiger partial charge is 0.504 e. The second kappa shape index (κ2) is 3.79. The molecule has 3 nitrogen and oxygen atoms in total. The van der Waals surface area contributed by atoms with E-state index in [-0.39, 0.29) is 11.8 Å². The Kier molecular flexibility index (Phi) is 2.65. The summed E-state index contributed by atoms with van der Waals surface area (Å²) in [5.74, 6) is 0.760. The molecule has 0 radical (unpaired) electrons. The molecule has 0 spiro atoms. The van der Waals surface area contributed by atoms with Gasteiger partial charge in [-0.3, -0.25) is 0 Å². The molecule has 14 heavy (non-hydrogen) atoms. The molecule has 1 fully saturated rings. The minimum absolute atomic E-state index is 0.235. The van der Waals surface area contributed by atoms with Gasteiger partial charge in [0.15, 0.2) is 11.5 Å². The van der Waals surface area contributed by atoms with E-state index < -0.39 is 0 Å². The second-order valence-electron chi connectivity index (χ2n) is 3.31. The minimum atomic E-state index is 0.235. The Bertz CT molecular complexity index is 350. The molecule has 1 saturated heterocycles. The van der Waals surface area contributed by atoms with E-state index >= 15 is 0 Å². The quantitative estimate of drug-likeness (QED) is 0.854. The van der Waals surface area contributed by atoms with Gasteiger partial charge in [0, 0.05) is 16.1 Å². The summed E-state index contributed by atoms with van der Waals surface area (Å²) in [7, 11) is 1.56. The molecule has 1 atom stereocenters. The van der Waals surface area contributed by atoms with Gasteiger partial charge in [-0.05, 0) is 25.1 Å². The lowest BCUT2D eigenvalue weighted by Crippen LogP contribution is -2.35. The zero-order valence-corrected chi connectivity index (χ0v) is 9.47. The average Bonchev–Trinajstić information content (AvgIpc) is 2.09. The topological polar surface area (TPSA) is 41.5 Å². The van der Waals surface area contributed by atoms with Crippen LogP contribution in [0.4, 0.5) is 0 Å². The van der Waals surface area contributed by atoms with Crippen molar-refractivity contribution in [1.29, 1.82) is 0 Å². The lowest BCUT2D eigenvalue weighted by atomic mass is 9.97. The Balaban J connectivity index is 2.44. The van der Waals surface area contributed by atoms with Crippen molar-refractivity contribution >= 4 is 15.9 Å². The fourth-order valence-electron chi connectivity index (χ4n) is 1.59. The van der Waals surface area contributed by atoms with E-state index in [1.54, 1.807) is 13.2 Å². The van der Waals surface area contributed by atoms with Crippen molar-refractivity contribution in [3.05, 3.63) is 22.2 Å². The summed E-state index contributed by atoms with van der Waals surface area (Å²) in [5.41, 5.74) is 0.899. The number of methoxy groups -OCH3 is 1. The second-order valence-corrected chi connectivity index (χ2v) is 4.16. The maximum absolute atomic E-state index is 9.91. The van der Waals surface area contributed by atoms with E-state index in [1.165, 1.54) is 0 Å². The number of hydrogen-bond donors (Lipinski definition) is 2. The number of halogens is 1. The highest BCUT2D eigenvalue weighted by Gasteiger charge is 2.25. The third-order valence-electron chi connectivity index (χ3n) is 2.52. The van der Waals surface area contributed by atoms with Crippen LogP contribution in [0.3, 0.4) is 0 Å². The number of nitrogens with one attached hydrogen (secondary N) is 1. The van der Waals surface area contributed by atoms with Crippen molar-refractivity contribution in [2.45, 2.75) is 12.5 Å². The van der Waals surface area contributed by atoms with Crippen molar-refractivity contribution < 1.29 is 9.84 Å². The maximum Gasteiger partial charge on any atom is 0.163 e. The molecule has 0 unspecified atom stereocenters. The monoisotopic (exact) mass is 257 g/mol. The summed E-state index contributed by atoms with van der Waals surface area (Å²) in [6, 6.07) is 3.90. The first-order valence-corrected chi connectivity index (χ1v) is 5.32. The van der Waals surface area contributed by atoms with E-state index in [0.717, 1.165) is 23.0 Å². The predicted octanol–water partition coefficient (Wildman–Crippen LogP) is 2.20. The summed E-state index contributed by atoms with van der Waals surface area (Å²) in [5, 5.41) is 13.2. The van der Waals surface area contributed by atoms with Crippen LogP contribution in [0.2, 0.25) is 0 Å². The first-order chi connectivity index (χ1) is 6.74. The highest BCUT2D eigenvalue weighted by molar-refractivity contribution is 9.10. The highest BCUT2D eigenvalue weighted by Crippen LogP contribution is 2.41. The summed E-state index contributed by atoms with van der Waals surface area (Å²) in [4.78, 5) is 0. The third kappa shape index (κ3) is 1.48. The van der Waals surface area contributed by atoms with Crippen LogP contribution in [-0.4, -0.2) is 18.8 Å². The van der Waals surface area contributed by atoms with Crippen LogP contribution in [0.1, 0.15) is 18.0 Å². The normalized spacial score (nSPS) is 20.3. The zero-order chi connectivity index (χ0) is 10.1. The summed E-state index contributed by atoms with van der Waals surface area (Å²) in [6.45, 7) is 1.01. The molecule has 0 bridgehead atoms. The molecule has 0 aromatic heterocycles. The molecular weight excluding hydrogens is 246 g/mol. The van der Waals surface area contributed by atoms with Crippen molar-refractivity contribution in [2.75, 3.05) is 13.7 Å². The Morgan fingerprint density at radius 3 is 2.79 bits per heavy atom. The molecule has 0 amide bonds. The van der Waals surface area contributed by atoms with Crippen LogP contribution in [0.25, 0.3) is 0 Å². The van der Waals surface area contributed by atoms with Gasteiger partial charge in [-0.1, -0.05) is 15.9 Å². The van der Waals surface area contributed by atoms with E-state index in [1.807, 2.05) is 6.07 Å². The Hall–Kier alpha value is -0.740. The first kappa shape index (κ1) is 9.80. The predicted molar refractivity (Wildman–Crippen MR) is 57.7 cm³/mol. The van der Waals surface area contributed by atoms with Gasteiger partial charge in [0.05, 0.1) is 7.11 Å².